The van der Waals surface area contributed by atoms with Crippen molar-refractivity contribution in [1.82, 2.24) is 0 Å². The van der Waals surface area contributed by atoms with Gasteiger partial charge in [0.25, 0.3) is 5.76 Å². The minimum atomic E-state index is -1.16. The molecule has 0 saturated carbocycles. The summed E-state index contributed by atoms with van der Waals surface area (Å²) in [6.07, 6.45) is 0. The molecule has 0 unspecified atom stereocenters. The fourth-order valence-electron chi connectivity index (χ4n) is 1.52. The maximum Gasteiger partial charge on any atom is 0.375 e. The van der Waals surface area contributed by atoms with Gasteiger partial charge in [0.15, 0.2) is 5.75 Å². The molecule has 1 aromatic carbocycles. The lowest BCUT2D eigenvalue weighted by atomic mass is 10.2. The van der Waals surface area contributed by atoms with Crippen molar-refractivity contribution in [3.05, 3.63) is 24.0 Å². The summed E-state index contributed by atoms with van der Waals surface area (Å²) in [5, 5.41) is 9.50. The standard InChI is InChI=1S/C11H10O5/c1-14-6-3-4-8-7(5-6)9(15-2)10(16-8)11(12)13/h3-5H,1-2H3,(H,12,13). The van der Waals surface area contributed by atoms with Crippen LogP contribution in [0.15, 0.2) is 22.6 Å². The average molecular weight is 222 g/mol. The molecule has 16 heavy (non-hydrogen) atoms. The second kappa shape index (κ2) is 3.77. The van der Waals surface area contributed by atoms with E-state index in [0.29, 0.717) is 16.7 Å². The van der Waals surface area contributed by atoms with Crippen molar-refractivity contribution in [3.63, 3.8) is 0 Å². The lowest BCUT2D eigenvalue weighted by Crippen LogP contribution is -1.96. The third-order valence-corrected chi connectivity index (χ3v) is 2.25. The number of hydrogen-bond acceptors (Lipinski definition) is 4. The zero-order chi connectivity index (χ0) is 11.7. The van der Waals surface area contributed by atoms with Gasteiger partial charge in [0.05, 0.1) is 19.6 Å². The molecule has 0 amide bonds. The van der Waals surface area contributed by atoms with E-state index in [-0.39, 0.29) is 11.5 Å². The van der Waals surface area contributed by atoms with Crippen LogP contribution in [-0.4, -0.2) is 25.3 Å². The van der Waals surface area contributed by atoms with Crippen LogP contribution in [0.3, 0.4) is 0 Å². The van der Waals surface area contributed by atoms with Gasteiger partial charge in [-0.25, -0.2) is 4.79 Å². The first-order chi connectivity index (χ1) is 7.67. The molecular formula is C11H10O5. The molecular weight excluding hydrogens is 212 g/mol. The summed E-state index contributed by atoms with van der Waals surface area (Å²) in [7, 11) is 2.93. The Labute approximate surface area is 91.2 Å². The maximum absolute atomic E-state index is 10.9. The SMILES string of the molecule is COc1ccc2oc(C(=O)O)c(OC)c2c1. The number of hydrogen-bond donors (Lipinski definition) is 1. The van der Waals surface area contributed by atoms with Crippen LogP contribution < -0.4 is 9.47 Å². The van der Waals surface area contributed by atoms with Crippen LogP contribution in [0.5, 0.6) is 11.5 Å². The van der Waals surface area contributed by atoms with Gasteiger partial charge in [-0.15, -0.1) is 0 Å². The fraction of sp³-hybridized carbons (Fsp3) is 0.182. The monoisotopic (exact) mass is 222 g/mol. The molecule has 0 radical (unpaired) electrons. The lowest BCUT2D eigenvalue weighted by Gasteiger charge is -1.99. The highest BCUT2D eigenvalue weighted by molar-refractivity contribution is 5.98. The van der Waals surface area contributed by atoms with Crippen molar-refractivity contribution < 1.29 is 23.8 Å². The van der Waals surface area contributed by atoms with Crippen LogP contribution in [0.4, 0.5) is 0 Å². The minimum Gasteiger partial charge on any atom is -0.497 e. The molecule has 2 rings (SSSR count). The van der Waals surface area contributed by atoms with Gasteiger partial charge in [-0.2, -0.15) is 0 Å². The number of benzene rings is 1. The molecule has 1 aromatic heterocycles. The van der Waals surface area contributed by atoms with E-state index in [1.165, 1.54) is 14.2 Å². The number of fused-ring (bicyclic) bond motifs is 1. The molecule has 2 aromatic rings. The highest BCUT2D eigenvalue weighted by Crippen LogP contribution is 2.35. The molecule has 84 valence electrons. The minimum absolute atomic E-state index is 0.203. The number of aromatic carboxylic acids is 1. The van der Waals surface area contributed by atoms with Gasteiger partial charge in [0, 0.05) is 0 Å². The van der Waals surface area contributed by atoms with Crippen molar-refractivity contribution in [2.45, 2.75) is 0 Å². The Bertz CT molecular complexity index is 541. The second-order valence-corrected chi connectivity index (χ2v) is 3.13. The van der Waals surface area contributed by atoms with E-state index in [1.807, 2.05) is 0 Å². The van der Waals surface area contributed by atoms with Crippen LogP contribution >= 0.6 is 0 Å². The van der Waals surface area contributed by atoms with Gasteiger partial charge in [-0.05, 0) is 18.2 Å². The number of carboxylic acids is 1. The smallest absolute Gasteiger partial charge is 0.375 e. The quantitative estimate of drug-likeness (QED) is 0.861. The van der Waals surface area contributed by atoms with Gasteiger partial charge in [-0.3, -0.25) is 0 Å². The van der Waals surface area contributed by atoms with E-state index >= 15 is 0 Å². The number of methoxy groups -OCH3 is 2. The van der Waals surface area contributed by atoms with Crippen LogP contribution in [-0.2, 0) is 0 Å². The normalized spacial score (nSPS) is 10.4. The topological polar surface area (TPSA) is 68.9 Å². The first-order valence-corrected chi connectivity index (χ1v) is 4.55. The van der Waals surface area contributed by atoms with E-state index in [9.17, 15) is 4.79 Å². The van der Waals surface area contributed by atoms with E-state index in [0.717, 1.165) is 0 Å². The van der Waals surface area contributed by atoms with Crippen LogP contribution in [0.2, 0.25) is 0 Å². The summed E-state index contributed by atoms with van der Waals surface area (Å²) >= 11 is 0. The third-order valence-electron chi connectivity index (χ3n) is 2.25. The molecule has 0 bridgehead atoms. The van der Waals surface area contributed by atoms with Crippen LogP contribution in [0.1, 0.15) is 10.6 Å². The Kier molecular flexibility index (Phi) is 2.44. The van der Waals surface area contributed by atoms with Crippen LogP contribution in [0.25, 0.3) is 11.0 Å². The summed E-state index contributed by atoms with van der Waals surface area (Å²) in [6, 6.07) is 5.00. The average Bonchev–Trinajstić information content (AvgIpc) is 2.66. The number of carbonyl (C=O) groups is 1. The molecule has 0 aliphatic heterocycles. The molecule has 1 N–H and O–H groups in total. The molecule has 0 saturated heterocycles. The summed E-state index contributed by atoms with van der Waals surface area (Å²) in [4.78, 5) is 10.9. The predicted molar refractivity (Wildman–Crippen MR) is 56.3 cm³/mol. The molecule has 5 heteroatoms. The summed E-state index contributed by atoms with van der Waals surface area (Å²) in [5.74, 6) is -0.539. The van der Waals surface area contributed by atoms with Gasteiger partial charge in [0.2, 0.25) is 0 Å². The van der Waals surface area contributed by atoms with Gasteiger partial charge in [-0.1, -0.05) is 0 Å². The maximum atomic E-state index is 10.9. The molecule has 0 spiro atoms. The molecule has 0 fully saturated rings. The number of ether oxygens (including phenoxy) is 2. The Hall–Kier alpha value is -2.17. The summed E-state index contributed by atoms with van der Waals surface area (Å²) in [6.45, 7) is 0. The summed E-state index contributed by atoms with van der Waals surface area (Å²) < 4.78 is 15.2. The third kappa shape index (κ3) is 1.46. The number of carboxylic acid groups (broad SMARTS) is 1. The molecule has 1 heterocycles. The zero-order valence-electron chi connectivity index (χ0n) is 8.81. The molecule has 0 aliphatic carbocycles. The Morgan fingerprint density at radius 2 is 2.06 bits per heavy atom. The predicted octanol–water partition coefficient (Wildman–Crippen LogP) is 2.15. The van der Waals surface area contributed by atoms with Gasteiger partial charge < -0.3 is 19.0 Å². The van der Waals surface area contributed by atoms with Crippen molar-refractivity contribution in [1.29, 1.82) is 0 Å². The summed E-state index contributed by atoms with van der Waals surface area (Å²) in [5.41, 5.74) is 0.454. The van der Waals surface area contributed by atoms with E-state index < -0.39 is 5.97 Å². The largest absolute Gasteiger partial charge is 0.497 e. The first-order valence-electron chi connectivity index (χ1n) is 4.55. The van der Waals surface area contributed by atoms with E-state index in [2.05, 4.69) is 0 Å². The van der Waals surface area contributed by atoms with Crippen LogP contribution in [0, 0.1) is 0 Å². The highest BCUT2D eigenvalue weighted by atomic mass is 16.5. The van der Waals surface area contributed by atoms with E-state index in [1.54, 1.807) is 18.2 Å². The number of rotatable bonds is 3. The zero-order valence-corrected chi connectivity index (χ0v) is 8.81. The lowest BCUT2D eigenvalue weighted by molar-refractivity contribution is 0.0660. The van der Waals surface area contributed by atoms with Crippen molar-refractivity contribution in [3.8, 4) is 11.5 Å². The highest BCUT2D eigenvalue weighted by Gasteiger charge is 2.21. The number of furan rings is 1. The van der Waals surface area contributed by atoms with E-state index in [4.69, 9.17) is 19.0 Å². The van der Waals surface area contributed by atoms with Crippen molar-refractivity contribution in [2.75, 3.05) is 14.2 Å². The Balaban J connectivity index is 2.73. The molecule has 5 nitrogen and oxygen atoms in total. The van der Waals surface area contributed by atoms with Gasteiger partial charge in [0.1, 0.15) is 11.3 Å². The molecule has 0 aliphatic rings. The Morgan fingerprint density at radius 3 is 2.62 bits per heavy atom. The van der Waals surface area contributed by atoms with Crippen molar-refractivity contribution >= 4 is 16.9 Å². The Morgan fingerprint density at radius 1 is 1.31 bits per heavy atom. The molecule has 0 atom stereocenters. The fourth-order valence-corrected chi connectivity index (χ4v) is 1.52. The van der Waals surface area contributed by atoms with Crippen molar-refractivity contribution in [2.24, 2.45) is 0 Å². The first kappa shape index (κ1) is 10.4. The van der Waals surface area contributed by atoms with Gasteiger partial charge >= 0.3 is 5.97 Å². The second-order valence-electron chi connectivity index (χ2n) is 3.13.